The van der Waals surface area contributed by atoms with Gasteiger partial charge in [0.1, 0.15) is 37.0 Å². The maximum Gasteiger partial charge on any atom is 0.469 e. The van der Waals surface area contributed by atoms with Crippen LogP contribution >= 0.6 is 7.82 Å². The summed E-state index contributed by atoms with van der Waals surface area (Å²) in [5.74, 6) is 0.252. The fourth-order valence-electron chi connectivity index (χ4n) is 6.42. The Kier molecular flexibility index (Phi) is 7.16. The van der Waals surface area contributed by atoms with Crippen molar-refractivity contribution < 1.29 is 44.0 Å². The van der Waals surface area contributed by atoms with Gasteiger partial charge in [-0.15, -0.1) is 0 Å². The topological polar surface area (TPSA) is 213 Å². The van der Waals surface area contributed by atoms with E-state index >= 15 is 0 Å². The number of fused-ring (bicyclic) bond motifs is 5. The Morgan fingerprint density at radius 1 is 1.02 bits per heavy atom. The van der Waals surface area contributed by atoms with E-state index in [9.17, 15) is 25.0 Å². The number of hydrogen-bond donors (Lipinski definition) is 7. The van der Waals surface area contributed by atoms with E-state index < -0.39 is 57.2 Å². The van der Waals surface area contributed by atoms with Crippen LogP contribution in [0.15, 0.2) is 55.1 Å². The van der Waals surface area contributed by atoms with Gasteiger partial charge in [-0.2, -0.15) is 0 Å². The lowest BCUT2D eigenvalue weighted by molar-refractivity contribution is -0.0766. The summed E-state index contributed by atoms with van der Waals surface area (Å²) in [7, 11) is -4.75. The summed E-state index contributed by atoms with van der Waals surface area (Å²) in [6, 6.07) is 12.8. The predicted molar refractivity (Wildman–Crippen MR) is 157 cm³/mol. The first-order chi connectivity index (χ1) is 21.0. The molecular weight excluding hydrogens is 593 g/mol. The van der Waals surface area contributed by atoms with Crippen molar-refractivity contribution in [1.82, 2.24) is 19.5 Å². The molecule has 1 aliphatic carbocycles. The zero-order chi connectivity index (χ0) is 30.9. The standard InChI is InChI=1S/C29H30N5O9P/c1-13-15-5-3-2-4-14(15)8-18-16(13)6-7-17-22(18)23(26(37)27(38)25(17)36)33-28-24-29(31-11-30-28)34(12-32-24)21-9-19(35)20(43-21)10-42-44(39,40)41/h2-8,11-12,19-21,23,25-27,35-38H,9-10H2,1H3,(H,30,31,33)(H2,39,40,41)/t19?,20?,21?,23-,25+,26+,27-/m0/s1. The number of ether oxygens (including phenoxy) is 1. The zero-order valence-corrected chi connectivity index (χ0v) is 24.2. The lowest BCUT2D eigenvalue weighted by Crippen LogP contribution is -2.44. The predicted octanol–water partition coefficient (Wildman–Crippen LogP) is 2.12. The molecule has 0 spiro atoms. The van der Waals surface area contributed by atoms with Gasteiger partial charge in [-0.3, -0.25) is 9.09 Å². The average molecular weight is 624 g/mol. The quantitative estimate of drug-likeness (QED) is 0.107. The van der Waals surface area contributed by atoms with E-state index in [0.29, 0.717) is 22.3 Å². The van der Waals surface area contributed by atoms with Crippen LogP contribution in [0.3, 0.4) is 0 Å². The number of rotatable bonds is 6. The normalized spacial score (nSPS) is 27.3. The number of anilines is 1. The first-order valence-corrected chi connectivity index (χ1v) is 15.5. The summed E-state index contributed by atoms with van der Waals surface area (Å²) in [6.45, 7) is 1.52. The van der Waals surface area contributed by atoms with Crippen LogP contribution in [-0.4, -0.2) is 80.8 Å². The molecule has 3 heterocycles. The number of benzene rings is 3. The zero-order valence-electron chi connectivity index (χ0n) is 23.3. The third kappa shape index (κ3) is 4.85. The van der Waals surface area contributed by atoms with Crippen molar-refractivity contribution in [1.29, 1.82) is 0 Å². The molecular formula is C29H30N5O9P. The lowest BCUT2D eigenvalue weighted by atomic mass is 9.78. The third-order valence-electron chi connectivity index (χ3n) is 8.61. The van der Waals surface area contributed by atoms with Crippen LogP contribution in [0.1, 0.15) is 41.5 Å². The third-order valence-corrected chi connectivity index (χ3v) is 9.09. The minimum atomic E-state index is -4.75. The Morgan fingerprint density at radius 3 is 2.61 bits per heavy atom. The highest BCUT2D eigenvalue weighted by atomic mass is 31.2. The van der Waals surface area contributed by atoms with Crippen LogP contribution in [0.5, 0.6) is 0 Å². The molecule has 44 heavy (non-hydrogen) atoms. The second kappa shape index (κ2) is 10.8. The van der Waals surface area contributed by atoms with Gasteiger partial charge in [0, 0.05) is 6.42 Å². The summed E-state index contributed by atoms with van der Waals surface area (Å²) in [5, 5.41) is 50.7. The fraction of sp³-hybridized carbons (Fsp3) is 0.345. The first kappa shape index (κ1) is 29.2. The summed E-state index contributed by atoms with van der Waals surface area (Å²) in [5.41, 5.74) is 2.80. The number of nitrogens with one attached hydrogen (secondary N) is 1. The van der Waals surface area contributed by atoms with Gasteiger partial charge in [0.05, 0.1) is 25.1 Å². The van der Waals surface area contributed by atoms with Gasteiger partial charge in [0.15, 0.2) is 17.0 Å². The van der Waals surface area contributed by atoms with Crippen LogP contribution in [0.4, 0.5) is 5.82 Å². The number of hydrogen-bond acceptors (Lipinski definition) is 11. The van der Waals surface area contributed by atoms with Crippen molar-refractivity contribution in [3.8, 4) is 0 Å². The Bertz CT molecular complexity index is 1950. The molecule has 0 saturated carbocycles. The molecule has 1 fully saturated rings. The summed E-state index contributed by atoms with van der Waals surface area (Å²) < 4.78 is 23.0. The number of phosphoric acid groups is 1. The molecule has 1 aliphatic heterocycles. The number of aliphatic hydroxyl groups excluding tert-OH is 4. The van der Waals surface area contributed by atoms with E-state index in [-0.39, 0.29) is 12.2 Å². The molecule has 7 N–H and O–H groups in total. The maximum absolute atomic E-state index is 11.3. The van der Waals surface area contributed by atoms with Gasteiger partial charge in [-0.1, -0.05) is 36.4 Å². The monoisotopic (exact) mass is 623 g/mol. The molecule has 3 aromatic carbocycles. The Morgan fingerprint density at radius 2 is 1.82 bits per heavy atom. The number of aromatic nitrogens is 4. The van der Waals surface area contributed by atoms with E-state index in [4.69, 9.17) is 14.5 Å². The van der Waals surface area contributed by atoms with Crippen LogP contribution in [0.2, 0.25) is 0 Å². The van der Waals surface area contributed by atoms with E-state index in [2.05, 4.69) is 24.8 Å². The highest BCUT2D eigenvalue weighted by molar-refractivity contribution is 7.46. The Labute approximate surface area is 249 Å². The van der Waals surface area contributed by atoms with Gasteiger partial charge in [0.25, 0.3) is 0 Å². The van der Waals surface area contributed by atoms with Crippen molar-refractivity contribution >= 4 is 46.3 Å². The highest BCUT2D eigenvalue weighted by Gasteiger charge is 2.42. The summed E-state index contributed by atoms with van der Waals surface area (Å²) >= 11 is 0. The van der Waals surface area contributed by atoms with Crippen molar-refractivity contribution in [2.45, 2.75) is 56.1 Å². The average Bonchev–Trinajstić information content (AvgIpc) is 3.60. The molecule has 2 aromatic heterocycles. The number of aliphatic hydroxyl groups is 4. The maximum atomic E-state index is 11.3. The van der Waals surface area contributed by atoms with Crippen molar-refractivity contribution in [3.63, 3.8) is 0 Å². The molecule has 0 amide bonds. The first-order valence-electron chi connectivity index (χ1n) is 14.0. The van der Waals surface area contributed by atoms with Gasteiger partial charge in [-0.25, -0.2) is 19.5 Å². The minimum Gasteiger partial charge on any atom is -0.390 e. The number of aryl methyl sites for hydroxylation is 1. The molecule has 15 heteroatoms. The smallest absolute Gasteiger partial charge is 0.390 e. The van der Waals surface area contributed by atoms with Gasteiger partial charge >= 0.3 is 7.82 Å². The van der Waals surface area contributed by atoms with Crippen LogP contribution < -0.4 is 5.32 Å². The van der Waals surface area contributed by atoms with Gasteiger partial charge in [-0.05, 0) is 51.2 Å². The van der Waals surface area contributed by atoms with Crippen LogP contribution in [0, 0.1) is 6.92 Å². The second-order valence-electron chi connectivity index (χ2n) is 11.2. The minimum absolute atomic E-state index is 0.0888. The molecule has 5 aromatic rings. The second-order valence-corrected chi connectivity index (χ2v) is 12.4. The van der Waals surface area contributed by atoms with Crippen molar-refractivity contribution in [2.24, 2.45) is 0 Å². The molecule has 3 unspecified atom stereocenters. The molecule has 230 valence electrons. The van der Waals surface area contributed by atoms with E-state index in [1.54, 1.807) is 10.6 Å². The molecule has 1 saturated heterocycles. The molecule has 14 nitrogen and oxygen atoms in total. The van der Waals surface area contributed by atoms with Crippen LogP contribution in [-0.2, 0) is 13.8 Å². The fourth-order valence-corrected chi connectivity index (χ4v) is 6.77. The highest BCUT2D eigenvalue weighted by Crippen LogP contribution is 2.45. The van der Waals surface area contributed by atoms with Crippen molar-refractivity contribution in [3.05, 3.63) is 71.8 Å². The molecule has 0 bridgehead atoms. The summed E-state index contributed by atoms with van der Waals surface area (Å²) in [4.78, 5) is 31.2. The lowest BCUT2D eigenvalue weighted by Gasteiger charge is -2.38. The SMILES string of the molecule is Cc1c2ccccc2cc2c3c(ccc12)[C@@H](O)[C@H](O)[C@H](O)[C@H]3Nc1ncnc2c1ncn2C1CC(O)C(COP(=O)(O)O)O1. The number of phosphoric ester groups is 1. The summed E-state index contributed by atoms with van der Waals surface area (Å²) in [6.07, 6.45) is -4.18. The molecule has 2 aliphatic rings. The van der Waals surface area contributed by atoms with Gasteiger partial charge in [0.2, 0.25) is 0 Å². The molecule has 0 radical (unpaired) electrons. The van der Waals surface area contributed by atoms with E-state index in [1.807, 2.05) is 43.3 Å². The Hall–Kier alpha value is -3.56. The van der Waals surface area contributed by atoms with Gasteiger partial charge < -0.3 is 40.3 Å². The largest absolute Gasteiger partial charge is 0.469 e. The number of nitrogens with zero attached hydrogens (tertiary/aromatic N) is 4. The van der Waals surface area contributed by atoms with E-state index in [1.165, 1.54) is 12.7 Å². The van der Waals surface area contributed by atoms with E-state index in [0.717, 1.165) is 27.1 Å². The number of imidazole rings is 1. The molecule has 7 atom stereocenters. The van der Waals surface area contributed by atoms with Crippen molar-refractivity contribution in [2.75, 3.05) is 11.9 Å². The Balaban J connectivity index is 1.28. The van der Waals surface area contributed by atoms with Crippen LogP contribution in [0.25, 0.3) is 32.7 Å². The molecule has 7 rings (SSSR count).